The van der Waals surface area contributed by atoms with E-state index in [2.05, 4.69) is 4.98 Å². The lowest BCUT2D eigenvalue weighted by atomic mass is 9.94. The Balaban J connectivity index is 1.62. The molecule has 0 fully saturated rings. The molecule has 1 N–H and O–H groups in total. The average molecular weight is 487 g/mol. The second-order valence-electron chi connectivity index (χ2n) is 8.42. The number of allylic oxidation sites excluding steroid dienone is 1. The first kappa shape index (κ1) is 22.8. The quantitative estimate of drug-likeness (QED) is 0.209. The normalized spacial score (nSPS) is 14.6. The van der Waals surface area contributed by atoms with Crippen LogP contribution in [0.1, 0.15) is 46.4 Å². The fraction of sp³-hybridized carbons (Fsp3) is 0.192. The highest BCUT2D eigenvalue weighted by Gasteiger charge is 2.24. The van der Waals surface area contributed by atoms with Crippen LogP contribution in [-0.4, -0.2) is 30.5 Å². The number of pyridine rings is 1. The first-order valence-electron chi connectivity index (χ1n) is 11.2. The van der Waals surface area contributed by atoms with Crippen LogP contribution in [0.15, 0.2) is 64.9 Å². The molecule has 0 atom stereocenters. The molecule has 4 aromatic rings. The maximum absolute atomic E-state index is 12.2. The number of aromatic carboxylic acids is 1. The van der Waals surface area contributed by atoms with Gasteiger partial charge in [0, 0.05) is 30.9 Å². The first-order valence-corrected chi connectivity index (χ1v) is 12.0. The van der Waals surface area contributed by atoms with E-state index in [-0.39, 0.29) is 10.6 Å². The van der Waals surface area contributed by atoms with E-state index in [1.54, 1.807) is 30.6 Å². The van der Waals surface area contributed by atoms with Crippen molar-refractivity contribution in [2.24, 2.45) is 7.05 Å². The van der Waals surface area contributed by atoms with Crippen LogP contribution in [0.4, 0.5) is 5.69 Å². The van der Waals surface area contributed by atoms with Gasteiger partial charge in [-0.15, -0.1) is 0 Å². The Labute approximate surface area is 205 Å². The molecule has 8 nitrogen and oxygen atoms in total. The number of carbonyl (C=O) groups is 1. The zero-order valence-corrected chi connectivity index (χ0v) is 19.8. The third kappa shape index (κ3) is 4.42. The maximum Gasteiger partial charge on any atom is 0.336 e. The fourth-order valence-electron chi connectivity index (χ4n) is 4.48. The average Bonchev–Trinajstić information content (AvgIpc) is 3.14. The number of aryl methyl sites for hydroxylation is 1. The molecule has 1 aliphatic carbocycles. The summed E-state index contributed by atoms with van der Waals surface area (Å²) in [6.07, 6.45) is 8.42. The third-order valence-electron chi connectivity index (χ3n) is 6.13. The minimum Gasteiger partial charge on any atom is -0.478 e. The second kappa shape index (κ2) is 9.34. The summed E-state index contributed by atoms with van der Waals surface area (Å²) in [4.78, 5) is 33.3. The molecule has 35 heavy (non-hydrogen) atoms. The Bertz CT molecular complexity index is 1510. The molecule has 0 bridgehead atoms. The summed E-state index contributed by atoms with van der Waals surface area (Å²) in [6.45, 7) is 0. The van der Waals surface area contributed by atoms with Crippen LogP contribution >= 0.6 is 11.8 Å². The van der Waals surface area contributed by atoms with Gasteiger partial charge in [0.25, 0.3) is 5.69 Å². The number of para-hydroxylation sites is 1. The largest absolute Gasteiger partial charge is 0.478 e. The molecule has 176 valence electrons. The van der Waals surface area contributed by atoms with Crippen molar-refractivity contribution in [1.82, 2.24) is 14.5 Å². The molecular formula is C26H22N4O4S. The summed E-state index contributed by atoms with van der Waals surface area (Å²) < 4.78 is 1.81. The summed E-state index contributed by atoms with van der Waals surface area (Å²) in [6, 6.07) is 12.4. The van der Waals surface area contributed by atoms with Crippen LogP contribution in [0.5, 0.6) is 0 Å². The van der Waals surface area contributed by atoms with Crippen molar-refractivity contribution in [1.29, 1.82) is 0 Å². The minimum atomic E-state index is -0.965. The molecular weight excluding hydrogens is 464 g/mol. The number of nitro groups is 1. The molecule has 0 radical (unpaired) electrons. The molecule has 9 heteroatoms. The molecule has 2 heterocycles. The van der Waals surface area contributed by atoms with Gasteiger partial charge in [-0.25, -0.2) is 14.8 Å². The van der Waals surface area contributed by atoms with E-state index >= 15 is 0 Å². The lowest BCUT2D eigenvalue weighted by Gasteiger charge is -2.14. The molecule has 0 unspecified atom stereocenters. The highest BCUT2D eigenvalue weighted by Crippen LogP contribution is 2.38. The van der Waals surface area contributed by atoms with Gasteiger partial charge in [-0.2, -0.15) is 0 Å². The number of aromatic nitrogens is 3. The topological polar surface area (TPSA) is 111 Å². The number of carboxylic acids is 1. The van der Waals surface area contributed by atoms with Crippen LogP contribution in [0, 0.1) is 10.1 Å². The number of fused-ring (bicyclic) bond motifs is 2. The van der Waals surface area contributed by atoms with E-state index in [4.69, 9.17) is 4.98 Å². The summed E-state index contributed by atoms with van der Waals surface area (Å²) in [5.41, 5.74) is 3.90. The van der Waals surface area contributed by atoms with Crippen molar-refractivity contribution < 1.29 is 14.8 Å². The SMILES string of the molecule is Cn1ccnc1Sc1ccc(/C=C2\CCCCc3c2nc2ccccc2c3C(=O)O)cc1[N+](=O)[O-]. The summed E-state index contributed by atoms with van der Waals surface area (Å²) >= 11 is 1.24. The molecule has 5 rings (SSSR count). The third-order valence-corrected chi connectivity index (χ3v) is 7.27. The maximum atomic E-state index is 12.2. The van der Waals surface area contributed by atoms with E-state index in [0.717, 1.165) is 30.4 Å². The van der Waals surface area contributed by atoms with Crippen LogP contribution < -0.4 is 0 Å². The van der Waals surface area contributed by atoms with Gasteiger partial charge in [-0.1, -0.05) is 24.3 Å². The predicted molar refractivity (Wildman–Crippen MR) is 135 cm³/mol. The monoisotopic (exact) mass is 486 g/mol. The number of hydrogen-bond acceptors (Lipinski definition) is 6. The smallest absolute Gasteiger partial charge is 0.336 e. The second-order valence-corrected chi connectivity index (χ2v) is 9.43. The Hall–Kier alpha value is -3.98. The molecule has 0 saturated heterocycles. The number of benzene rings is 2. The molecule has 1 aliphatic rings. The highest BCUT2D eigenvalue weighted by molar-refractivity contribution is 7.99. The van der Waals surface area contributed by atoms with Crippen LogP contribution in [-0.2, 0) is 13.5 Å². The van der Waals surface area contributed by atoms with Crippen molar-refractivity contribution in [3.05, 3.63) is 87.4 Å². The number of hydrogen-bond donors (Lipinski definition) is 1. The van der Waals surface area contributed by atoms with Gasteiger partial charge in [-0.05, 0) is 72.4 Å². The standard InChI is InChI=1S/C26H22N4O4S/c1-29-13-12-27-26(29)35-22-11-10-16(15-21(22)30(33)34)14-17-6-2-3-8-19-23(25(31)32)18-7-4-5-9-20(18)28-24(17)19/h4-5,7,9-15H,2-3,6,8H2,1H3,(H,31,32)/b17-14+. The van der Waals surface area contributed by atoms with Gasteiger partial charge in [0.15, 0.2) is 5.16 Å². The van der Waals surface area contributed by atoms with E-state index < -0.39 is 5.97 Å². The van der Waals surface area contributed by atoms with E-state index in [9.17, 15) is 20.0 Å². The molecule has 2 aromatic carbocycles. The van der Waals surface area contributed by atoms with Crippen molar-refractivity contribution in [3.63, 3.8) is 0 Å². The molecule has 2 aromatic heterocycles. The predicted octanol–water partition coefficient (Wildman–Crippen LogP) is 5.99. The van der Waals surface area contributed by atoms with Gasteiger partial charge >= 0.3 is 5.97 Å². The Kier molecular flexibility index (Phi) is 6.08. The van der Waals surface area contributed by atoms with Gasteiger partial charge in [0.1, 0.15) is 0 Å². The van der Waals surface area contributed by atoms with E-state index in [1.165, 1.54) is 11.8 Å². The molecule has 0 spiro atoms. The van der Waals surface area contributed by atoms with Crippen LogP contribution in [0.25, 0.3) is 22.6 Å². The van der Waals surface area contributed by atoms with Gasteiger partial charge < -0.3 is 9.67 Å². The molecule has 0 amide bonds. The van der Waals surface area contributed by atoms with Crippen LogP contribution in [0.2, 0.25) is 0 Å². The minimum absolute atomic E-state index is 0.00103. The summed E-state index contributed by atoms with van der Waals surface area (Å²) in [5.74, 6) is -0.965. The number of imidazole rings is 1. The number of rotatable bonds is 5. The van der Waals surface area contributed by atoms with Gasteiger partial charge in [0.05, 0.1) is 26.6 Å². The molecule has 0 aliphatic heterocycles. The van der Waals surface area contributed by atoms with E-state index in [0.29, 0.717) is 44.2 Å². The number of nitrogens with zero attached hydrogens (tertiary/aromatic N) is 4. The number of carboxylic acid groups (broad SMARTS) is 1. The van der Waals surface area contributed by atoms with Gasteiger partial charge in [0.2, 0.25) is 0 Å². The van der Waals surface area contributed by atoms with Crippen molar-refractivity contribution in [3.8, 4) is 0 Å². The summed E-state index contributed by atoms with van der Waals surface area (Å²) in [7, 11) is 1.84. The number of nitro benzene ring substituents is 1. The molecule has 0 saturated carbocycles. The van der Waals surface area contributed by atoms with Crippen molar-refractivity contribution in [2.75, 3.05) is 0 Å². The van der Waals surface area contributed by atoms with Crippen LogP contribution in [0.3, 0.4) is 0 Å². The lowest BCUT2D eigenvalue weighted by Crippen LogP contribution is -2.08. The highest BCUT2D eigenvalue weighted by atomic mass is 32.2. The lowest BCUT2D eigenvalue weighted by molar-refractivity contribution is -0.387. The fourth-order valence-corrected chi connectivity index (χ4v) is 5.37. The Morgan fingerprint density at radius 1 is 1.20 bits per heavy atom. The Morgan fingerprint density at radius 2 is 2.00 bits per heavy atom. The van der Waals surface area contributed by atoms with Gasteiger partial charge in [-0.3, -0.25) is 10.1 Å². The van der Waals surface area contributed by atoms with E-state index in [1.807, 2.05) is 42.0 Å². The Morgan fingerprint density at radius 3 is 2.74 bits per heavy atom. The summed E-state index contributed by atoms with van der Waals surface area (Å²) in [5, 5.41) is 23.2. The zero-order valence-electron chi connectivity index (χ0n) is 19.0. The first-order chi connectivity index (χ1) is 16.9. The zero-order chi connectivity index (χ0) is 24.5. The van der Waals surface area contributed by atoms with Crippen molar-refractivity contribution >= 4 is 46.0 Å². The van der Waals surface area contributed by atoms with Crippen molar-refractivity contribution in [2.45, 2.75) is 35.7 Å².